The maximum Gasteiger partial charge on any atom is 0.254 e. The van der Waals surface area contributed by atoms with Gasteiger partial charge in [0.15, 0.2) is 11.6 Å². The number of carbonyl (C=O) groups is 1. The summed E-state index contributed by atoms with van der Waals surface area (Å²) in [5.74, 6) is -2.70. The first-order valence-corrected chi connectivity index (χ1v) is 5.03. The van der Waals surface area contributed by atoms with E-state index in [1.807, 2.05) is 0 Å². The third kappa shape index (κ3) is 3.27. The van der Waals surface area contributed by atoms with Gasteiger partial charge in [-0.25, -0.2) is 8.78 Å². The standard InChI is InChI=1S/C11H14F2N2O/c1-14-6-3-7-15-11(16)8-4-2-5-9(12)10(8)13/h2,4-5,14H,3,6-7H2,1H3,(H,15,16). The van der Waals surface area contributed by atoms with Crippen LogP contribution in [0.1, 0.15) is 16.8 Å². The van der Waals surface area contributed by atoms with Crippen molar-refractivity contribution in [3.8, 4) is 0 Å². The zero-order valence-corrected chi connectivity index (χ0v) is 9.02. The number of benzene rings is 1. The molecule has 0 bridgehead atoms. The molecule has 88 valence electrons. The van der Waals surface area contributed by atoms with E-state index < -0.39 is 17.5 Å². The quantitative estimate of drug-likeness (QED) is 0.746. The normalized spacial score (nSPS) is 10.2. The minimum Gasteiger partial charge on any atom is -0.352 e. The van der Waals surface area contributed by atoms with Gasteiger partial charge in [-0.3, -0.25) is 4.79 Å². The summed E-state index contributed by atoms with van der Waals surface area (Å²) in [5, 5.41) is 5.43. The number of amides is 1. The Labute approximate surface area is 92.8 Å². The number of carbonyl (C=O) groups excluding carboxylic acids is 1. The topological polar surface area (TPSA) is 41.1 Å². The Balaban J connectivity index is 2.56. The fourth-order valence-corrected chi connectivity index (χ4v) is 1.24. The minimum atomic E-state index is -1.10. The first kappa shape index (κ1) is 12.6. The number of nitrogens with one attached hydrogen (secondary N) is 2. The number of halogens is 2. The summed E-state index contributed by atoms with van der Waals surface area (Å²) in [6.07, 6.45) is 0.735. The van der Waals surface area contributed by atoms with E-state index in [9.17, 15) is 13.6 Å². The lowest BCUT2D eigenvalue weighted by molar-refractivity contribution is 0.0948. The van der Waals surface area contributed by atoms with E-state index in [4.69, 9.17) is 0 Å². The van der Waals surface area contributed by atoms with Gasteiger partial charge in [0.2, 0.25) is 0 Å². The van der Waals surface area contributed by atoms with Crippen molar-refractivity contribution in [2.45, 2.75) is 6.42 Å². The van der Waals surface area contributed by atoms with Crippen LogP contribution < -0.4 is 10.6 Å². The van der Waals surface area contributed by atoms with Crippen LogP contribution in [0.2, 0.25) is 0 Å². The number of hydrogen-bond donors (Lipinski definition) is 2. The average molecular weight is 228 g/mol. The second-order valence-electron chi connectivity index (χ2n) is 3.31. The highest BCUT2D eigenvalue weighted by molar-refractivity contribution is 5.94. The van der Waals surface area contributed by atoms with E-state index in [0.29, 0.717) is 6.54 Å². The fraction of sp³-hybridized carbons (Fsp3) is 0.364. The van der Waals surface area contributed by atoms with Gasteiger partial charge >= 0.3 is 0 Å². The molecule has 1 rings (SSSR count). The predicted octanol–water partition coefficient (Wildman–Crippen LogP) is 1.30. The molecule has 0 aliphatic rings. The van der Waals surface area contributed by atoms with Gasteiger partial charge in [-0.05, 0) is 32.1 Å². The largest absolute Gasteiger partial charge is 0.352 e. The molecule has 0 aromatic heterocycles. The van der Waals surface area contributed by atoms with Crippen molar-refractivity contribution in [3.63, 3.8) is 0 Å². The molecule has 0 unspecified atom stereocenters. The molecule has 0 aliphatic carbocycles. The molecule has 0 saturated carbocycles. The van der Waals surface area contributed by atoms with Gasteiger partial charge < -0.3 is 10.6 Å². The van der Waals surface area contributed by atoms with Crippen molar-refractivity contribution in [3.05, 3.63) is 35.4 Å². The molecule has 1 amide bonds. The van der Waals surface area contributed by atoms with Crippen LogP contribution in [0.5, 0.6) is 0 Å². The van der Waals surface area contributed by atoms with E-state index in [2.05, 4.69) is 10.6 Å². The van der Waals surface area contributed by atoms with E-state index in [1.54, 1.807) is 7.05 Å². The van der Waals surface area contributed by atoms with Crippen molar-refractivity contribution >= 4 is 5.91 Å². The molecule has 0 spiro atoms. The molecule has 1 aromatic rings. The van der Waals surface area contributed by atoms with Crippen molar-refractivity contribution in [2.24, 2.45) is 0 Å². The lowest BCUT2D eigenvalue weighted by atomic mass is 10.2. The van der Waals surface area contributed by atoms with Gasteiger partial charge in [0.1, 0.15) is 0 Å². The molecule has 2 N–H and O–H groups in total. The van der Waals surface area contributed by atoms with Crippen LogP contribution >= 0.6 is 0 Å². The molecule has 0 radical (unpaired) electrons. The third-order valence-electron chi connectivity index (χ3n) is 2.09. The van der Waals surface area contributed by atoms with Gasteiger partial charge in [-0.1, -0.05) is 6.07 Å². The van der Waals surface area contributed by atoms with Crippen LogP contribution in [0, 0.1) is 11.6 Å². The summed E-state index contributed by atoms with van der Waals surface area (Å²) in [4.78, 5) is 11.4. The first-order valence-electron chi connectivity index (χ1n) is 5.03. The molecule has 1 aromatic carbocycles. The minimum absolute atomic E-state index is 0.260. The van der Waals surface area contributed by atoms with Crippen LogP contribution in [0.15, 0.2) is 18.2 Å². The van der Waals surface area contributed by atoms with Crippen molar-refractivity contribution in [1.29, 1.82) is 0 Å². The van der Waals surface area contributed by atoms with Gasteiger partial charge in [0, 0.05) is 6.54 Å². The lowest BCUT2D eigenvalue weighted by Crippen LogP contribution is -2.27. The van der Waals surface area contributed by atoms with E-state index >= 15 is 0 Å². The van der Waals surface area contributed by atoms with E-state index in [-0.39, 0.29) is 5.56 Å². The smallest absolute Gasteiger partial charge is 0.254 e. The Morgan fingerprint density at radius 1 is 1.31 bits per heavy atom. The molecule has 5 heteroatoms. The lowest BCUT2D eigenvalue weighted by Gasteiger charge is -2.06. The highest BCUT2D eigenvalue weighted by Crippen LogP contribution is 2.10. The summed E-state index contributed by atoms with van der Waals surface area (Å²) in [5.41, 5.74) is -0.260. The monoisotopic (exact) mass is 228 g/mol. The highest BCUT2D eigenvalue weighted by atomic mass is 19.2. The van der Waals surface area contributed by atoms with Crippen molar-refractivity contribution < 1.29 is 13.6 Å². The second-order valence-corrected chi connectivity index (χ2v) is 3.31. The van der Waals surface area contributed by atoms with Gasteiger partial charge in [-0.2, -0.15) is 0 Å². The second kappa shape index (κ2) is 6.17. The molecule has 0 fully saturated rings. The van der Waals surface area contributed by atoms with Crippen LogP contribution in [0.25, 0.3) is 0 Å². The molecule has 0 atom stereocenters. The summed E-state index contributed by atoms with van der Waals surface area (Å²) in [6.45, 7) is 1.18. The Hall–Kier alpha value is -1.49. The summed E-state index contributed by atoms with van der Waals surface area (Å²) in [7, 11) is 1.80. The highest BCUT2D eigenvalue weighted by Gasteiger charge is 2.13. The zero-order valence-electron chi connectivity index (χ0n) is 9.02. The predicted molar refractivity (Wildman–Crippen MR) is 57.2 cm³/mol. The third-order valence-corrected chi connectivity index (χ3v) is 2.09. The summed E-state index contributed by atoms with van der Waals surface area (Å²) < 4.78 is 26.0. The summed E-state index contributed by atoms with van der Waals surface area (Å²) in [6, 6.07) is 3.54. The van der Waals surface area contributed by atoms with Crippen molar-refractivity contribution in [1.82, 2.24) is 10.6 Å². The molecule has 0 aliphatic heterocycles. The first-order chi connectivity index (χ1) is 7.66. The molecule has 16 heavy (non-hydrogen) atoms. The van der Waals surface area contributed by atoms with E-state index in [0.717, 1.165) is 19.0 Å². The Kier molecular flexibility index (Phi) is 4.85. The van der Waals surface area contributed by atoms with Gasteiger partial charge in [0.25, 0.3) is 5.91 Å². The van der Waals surface area contributed by atoms with Gasteiger partial charge in [-0.15, -0.1) is 0 Å². The molecular formula is C11H14F2N2O. The number of hydrogen-bond acceptors (Lipinski definition) is 2. The fourth-order valence-electron chi connectivity index (χ4n) is 1.24. The maximum atomic E-state index is 13.2. The van der Waals surface area contributed by atoms with Crippen molar-refractivity contribution in [2.75, 3.05) is 20.1 Å². The molecule has 0 heterocycles. The van der Waals surface area contributed by atoms with Crippen LogP contribution in [-0.2, 0) is 0 Å². The average Bonchev–Trinajstić information content (AvgIpc) is 2.28. The zero-order chi connectivity index (χ0) is 12.0. The molecule has 0 saturated heterocycles. The number of rotatable bonds is 5. The van der Waals surface area contributed by atoms with E-state index in [1.165, 1.54) is 12.1 Å². The maximum absolute atomic E-state index is 13.2. The molecule has 3 nitrogen and oxygen atoms in total. The van der Waals surface area contributed by atoms with Crippen LogP contribution in [-0.4, -0.2) is 26.0 Å². The Bertz CT molecular complexity index is 369. The van der Waals surface area contributed by atoms with Gasteiger partial charge in [0.05, 0.1) is 5.56 Å². The van der Waals surface area contributed by atoms with Crippen LogP contribution in [0.4, 0.5) is 8.78 Å². The Morgan fingerprint density at radius 2 is 2.06 bits per heavy atom. The summed E-state index contributed by atoms with van der Waals surface area (Å²) >= 11 is 0. The SMILES string of the molecule is CNCCCNC(=O)c1cccc(F)c1F. The molecular weight excluding hydrogens is 214 g/mol. The van der Waals surface area contributed by atoms with Crippen LogP contribution in [0.3, 0.4) is 0 Å². The Morgan fingerprint density at radius 3 is 2.75 bits per heavy atom.